The van der Waals surface area contributed by atoms with Gasteiger partial charge >= 0.3 is 0 Å². The van der Waals surface area contributed by atoms with Crippen molar-refractivity contribution in [3.8, 4) is 0 Å². The van der Waals surface area contributed by atoms with Gasteiger partial charge in [0.2, 0.25) is 10.0 Å². The van der Waals surface area contributed by atoms with E-state index in [1.54, 1.807) is 0 Å². The van der Waals surface area contributed by atoms with Crippen LogP contribution in [0.3, 0.4) is 0 Å². The summed E-state index contributed by atoms with van der Waals surface area (Å²) in [6.45, 7) is 1.85. The van der Waals surface area contributed by atoms with Crippen LogP contribution in [0.2, 0.25) is 5.02 Å². The highest BCUT2D eigenvalue weighted by Gasteiger charge is 2.24. The molecule has 0 radical (unpaired) electrons. The van der Waals surface area contributed by atoms with Crippen molar-refractivity contribution < 1.29 is 13.3 Å². The molecule has 1 aromatic carbocycles. The molecule has 0 heterocycles. The van der Waals surface area contributed by atoms with Crippen LogP contribution < -0.4 is 4.72 Å². The van der Waals surface area contributed by atoms with Crippen molar-refractivity contribution in [2.45, 2.75) is 37.5 Å². The van der Waals surface area contributed by atoms with E-state index in [1.807, 2.05) is 0 Å². The van der Waals surface area contributed by atoms with Crippen LogP contribution in [0.15, 0.2) is 17.0 Å². The molecule has 0 aliphatic heterocycles. The second-order valence-corrected chi connectivity index (χ2v) is 7.48. The standard InChI is InChI=1S/C13H17ClN2O4S/c1-9-12(14)6-11(7-13(9)16(17)18)21(19,20)15-8-10-4-2-3-5-10/h6-7,10,15H,2-5,8H2,1H3. The number of halogens is 1. The van der Waals surface area contributed by atoms with Crippen molar-refractivity contribution in [1.29, 1.82) is 0 Å². The lowest BCUT2D eigenvalue weighted by Crippen LogP contribution is -2.28. The Morgan fingerprint density at radius 2 is 2.00 bits per heavy atom. The fourth-order valence-electron chi connectivity index (χ4n) is 2.51. The fraction of sp³-hybridized carbons (Fsp3) is 0.538. The summed E-state index contributed by atoms with van der Waals surface area (Å²) in [4.78, 5) is 10.2. The summed E-state index contributed by atoms with van der Waals surface area (Å²) < 4.78 is 27.0. The number of nitrogens with one attached hydrogen (secondary N) is 1. The maximum absolute atomic E-state index is 12.2. The Labute approximate surface area is 128 Å². The molecule has 0 bridgehead atoms. The summed E-state index contributed by atoms with van der Waals surface area (Å²) in [5.41, 5.74) is -0.0276. The molecule has 1 saturated carbocycles. The third-order valence-electron chi connectivity index (χ3n) is 3.83. The molecule has 0 unspecified atom stereocenters. The molecule has 0 atom stereocenters. The van der Waals surface area contributed by atoms with Crippen molar-refractivity contribution in [3.05, 3.63) is 32.8 Å². The second-order valence-electron chi connectivity index (χ2n) is 5.31. The Morgan fingerprint density at radius 1 is 1.38 bits per heavy atom. The molecule has 116 valence electrons. The van der Waals surface area contributed by atoms with Gasteiger partial charge in [-0.1, -0.05) is 24.4 Å². The van der Waals surface area contributed by atoms with Crippen LogP contribution in [-0.4, -0.2) is 19.9 Å². The number of hydrogen-bond donors (Lipinski definition) is 1. The summed E-state index contributed by atoms with van der Waals surface area (Å²) in [7, 11) is -3.78. The van der Waals surface area contributed by atoms with Crippen LogP contribution in [0.4, 0.5) is 5.69 Å². The first-order valence-corrected chi connectivity index (χ1v) is 8.61. The Balaban J connectivity index is 2.24. The average Bonchev–Trinajstić information content (AvgIpc) is 2.92. The molecule has 6 nitrogen and oxygen atoms in total. The first kappa shape index (κ1) is 16.2. The van der Waals surface area contributed by atoms with E-state index in [-0.39, 0.29) is 21.2 Å². The minimum atomic E-state index is -3.78. The van der Waals surface area contributed by atoms with Crippen LogP contribution in [0, 0.1) is 23.0 Å². The largest absolute Gasteiger partial charge is 0.275 e. The summed E-state index contributed by atoms with van der Waals surface area (Å²) >= 11 is 5.90. The molecule has 1 fully saturated rings. The predicted molar refractivity (Wildman–Crippen MR) is 80.0 cm³/mol. The molecule has 2 rings (SSSR count). The van der Waals surface area contributed by atoms with Crippen LogP contribution in [0.1, 0.15) is 31.2 Å². The number of rotatable bonds is 5. The third kappa shape index (κ3) is 3.72. The van der Waals surface area contributed by atoms with E-state index < -0.39 is 14.9 Å². The van der Waals surface area contributed by atoms with Crippen LogP contribution in [0.5, 0.6) is 0 Å². The quantitative estimate of drug-likeness (QED) is 0.663. The van der Waals surface area contributed by atoms with E-state index >= 15 is 0 Å². The molecule has 0 amide bonds. The molecule has 1 N–H and O–H groups in total. The molecule has 0 spiro atoms. The van der Waals surface area contributed by atoms with Gasteiger partial charge < -0.3 is 0 Å². The molecule has 0 aromatic heterocycles. The third-order valence-corrected chi connectivity index (χ3v) is 5.63. The maximum atomic E-state index is 12.2. The van der Waals surface area contributed by atoms with Crippen LogP contribution in [0.25, 0.3) is 0 Å². The van der Waals surface area contributed by atoms with E-state index in [9.17, 15) is 18.5 Å². The molecular formula is C13H17ClN2O4S. The number of nitro benzene ring substituents is 1. The van der Waals surface area contributed by atoms with E-state index in [0.29, 0.717) is 12.5 Å². The molecule has 8 heteroatoms. The van der Waals surface area contributed by atoms with Crippen molar-refractivity contribution in [2.75, 3.05) is 6.54 Å². The van der Waals surface area contributed by atoms with Gasteiger partial charge in [0.25, 0.3) is 5.69 Å². The topological polar surface area (TPSA) is 89.3 Å². The Kier molecular flexibility index (Phi) is 4.85. The molecule has 1 aromatic rings. The van der Waals surface area contributed by atoms with E-state index in [1.165, 1.54) is 13.0 Å². The number of nitrogens with zero attached hydrogens (tertiary/aromatic N) is 1. The zero-order valence-electron chi connectivity index (χ0n) is 11.6. The van der Waals surface area contributed by atoms with E-state index in [4.69, 9.17) is 11.6 Å². The second kappa shape index (κ2) is 6.29. The van der Waals surface area contributed by atoms with Crippen molar-refractivity contribution in [3.63, 3.8) is 0 Å². The molecule has 1 aliphatic rings. The van der Waals surface area contributed by atoms with E-state index in [0.717, 1.165) is 31.7 Å². The summed E-state index contributed by atoms with van der Waals surface area (Å²) in [6.07, 6.45) is 4.26. The minimum Gasteiger partial charge on any atom is -0.258 e. The smallest absolute Gasteiger partial charge is 0.258 e. The zero-order chi connectivity index (χ0) is 15.6. The fourth-order valence-corrected chi connectivity index (χ4v) is 3.95. The number of hydrogen-bond acceptors (Lipinski definition) is 4. The Bertz CT molecular complexity index is 654. The van der Waals surface area contributed by atoms with Gasteiger partial charge in [-0.15, -0.1) is 0 Å². The van der Waals surface area contributed by atoms with Gasteiger partial charge in [0, 0.05) is 18.2 Å². The Hall–Kier alpha value is -1.18. The Morgan fingerprint density at radius 3 is 2.57 bits per heavy atom. The summed E-state index contributed by atoms with van der Waals surface area (Å²) in [5.74, 6) is 0.343. The highest BCUT2D eigenvalue weighted by atomic mass is 35.5. The molecule has 1 aliphatic carbocycles. The minimum absolute atomic E-state index is 0.0745. The van der Waals surface area contributed by atoms with Gasteiger partial charge in [-0.25, -0.2) is 13.1 Å². The number of benzene rings is 1. The molecular weight excluding hydrogens is 316 g/mol. The number of nitro groups is 1. The van der Waals surface area contributed by atoms with E-state index in [2.05, 4.69) is 4.72 Å². The van der Waals surface area contributed by atoms with Gasteiger partial charge in [0.15, 0.2) is 0 Å². The van der Waals surface area contributed by atoms with Gasteiger partial charge in [0.1, 0.15) is 0 Å². The molecule has 0 saturated heterocycles. The average molecular weight is 333 g/mol. The summed E-state index contributed by atoms with van der Waals surface area (Å²) in [6, 6.07) is 2.30. The van der Waals surface area contributed by atoms with Crippen LogP contribution in [-0.2, 0) is 10.0 Å². The zero-order valence-corrected chi connectivity index (χ0v) is 13.2. The van der Waals surface area contributed by atoms with Gasteiger partial charge in [-0.05, 0) is 31.7 Å². The van der Waals surface area contributed by atoms with Gasteiger partial charge in [-0.3, -0.25) is 10.1 Å². The predicted octanol–water partition coefficient (Wildman–Crippen LogP) is 3.03. The first-order chi connectivity index (χ1) is 9.81. The normalized spacial score (nSPS) is 16.3. The lowest BCUT2D eigenvalue weighted by molar-refractivity contribution is -0.385. The van der Waals surface area contributed by atoms with Gasteiger partial charge in [0.05, 0.1) is 14.8 Å². The number of sulfonamides is 1. The highest BCUT2D eigenvalue weighted by molar-refractivity contribution is 7.89. The van der Waals surface area contributed by atoms with Crippen molar-refractivity contribution >= 4 is 27.3 Å². The lowest BCUT2D eigenvalue weighted by atomic mass is 10.1. The van der Waals surface area contributed by atoms with Crippen LogP contribution >= 0.6 is 11.6 Å². The van der Waals surface area contributed by atoms with Crippen molar-refractivity contribution in [1.82, 2.24) is 4.72 Å². The van der Waals surface area contributed by atoms with Crippen molar-refractivity contribution in [2.24, 2.45) is 5.92 Å². The SMILES string of the molecule is Cc1c(Cl)cc(S(=O)(=O)NCC2CCCC2)cc1[N+](=O)[O-]. The lowest BCUT2D eigenvalue weighted by Gasteiger charge is -2.12. The summed E-state index contributed by atoms with van der Waals surface area (Å²) in [5, 5.41) is 11.0. The highest BCUT2D eigenvalue weighted by Crippen LogP contribution is 2.30. The monoisotopic (exact) mass is 332 g/mol. The maximum Gasteiger partial charge on any atom is 0.275 e. The first-order valence-electron chi connectivity index (χ1n) is 6.75. The van der Waals surface area contributed by atoms with Gasteiger partial charge in [-0.2, -0.15) is 0 Å². The molecule has 21 heavy (non-hydrogen) atoms.